The van der Waals surface area contributed by atoms with Crippen LogP contribution >= 0.6 is 0 Å². The fourth-order valence-electron chi connectivity index (χ4n) is 6.84. The molecule has 240 valence electrons. The Morgan fingerprint density at radius 2 is 1.87 bits per heavy atom. The topological polar surface area (TPSA) is 154 Å². The van der Waals surface area contributed by atoms with Crippen LogP contribution in [0.15, 0.2) is 48.6 Å². The minimum atomic E-state index is -0.985. The summed E-state index contributed by atoms with van der Waals surface area (Å²) in [7, 11) is 1.60. The molecule has 0 saturated heterocycles. The summed E-state index contributed by atoms with van der Waals surface area (Å²) in [6, 6.07) is 10.4. The Morgan fingerprint density at radius 1 is 1.07 bits per heavy atom. The molecule has 3 aliphatic rings. The molecule has 4 amide bonds. The number of nitrogens with one attached hydrogen (secondary N) is 1. The number of methoxy groups -OCH3 is 1. The number of primary amides is 1. The molecule has 11 heteroatoms. The second-order valence-corrected chi connectivity index (χ2v) is 12.6. The first kappa shape index (κ1) is 31.2. The highest BCUT2D eigenvalue weighted by atomic mass is 16.5. The molecule has 3 heterocycles. The molecule has 2 aromatic heterocycles. The molecule has 2 saturated carbocycles. The monoisotopic (exact) mass is 625 g/mol. The molecule has 0 bridgehead atoms. The highest BCUT2D eigenvalue weighted by molar-refractivity contribution is 5.98. The Kier molecular flexibility index (Phi) is 8.50. The number of nitrogens with zero attached hydrogens (tertiary/aromatic N) is 3. The maximum atomic E-state index is 13.9. The lowest BCUT2D eigenvalue weighted by Gasteiger charge is -2.26. The number of ether oxygens (including phenoxy) is 2. The number of hydrogen-bond donors (Lipinski definition) is 2. The third-order valence-corrected chi connectivity index (χ3v) is 9.51. The van der Waals surface area contributed by atoms with Crippen LogP contribution in [0.25, 0.3) is 22.3 Å². The van der Waals surface area contributed by atoms with E-state index in [1.54, 1.807) is 7.11 Å². The lowest BCUT2D eigenvalue weighted by atomic mass is 9.93. The standard InChI is InChI=1S/C35H39N5O6/c1-20-9-8-11-27(37-20)28-17-30(24-12-13-29(45-3)21(2)31(24)38-28)46-23-15-25-26(16-23)33(43)40(34(36)44)14-7-5-4-6-10-22-18-35(22,19-41)39-32(25)42/h6,8-13,17,19,22-23,25-26H,4-5,7,14-16,18H2,1-3H3,(H2,36,44)(H,39,42)/b10-6+. The number of aromatic nitrogens is 2. The first-order chi connectivity index (χ1) is 22.1. The molecule has 3 N–H and O–H groups in total. The minimum Gasteiger partial charge on any atom is -0.496 e. The molecular weight excluding hydrogens is 586 g/mol. The minimum absolute atomic E-state index is 0.0846. The predicted molar refractivity (Wildman–Crippen MR) is 171 cm³/mol. The Morgan fingerprint density at radius 3 is 2.61 bits per heavy atom. The van der Waals surface area contributed by atoms with Gasteiger partial charge in [0.25, 0.3) is 0 Å². The van der Waals surface area contributed by atoms with Gasteiger partial charge in [0, 0.05) is 35.2 Å². The zero-order valence-electron chi connectivity index (χ0n) is 26.3. The number of nitrogens with two attached hydrogens (primary N) is 1. The van der Waals surface area contributed by atoms with Crippen LogP contribution in [-0.2, 0) is 14.4 Å². The number of imide groups is 1. The average Bonchev–Trinajstić information content (AvgIpc) is 3.55. The number of benzene rings is 1. The number of carbonyl (C=O) groups excluding carboxylic acids is 4. The van der Waals surface area contributed by atoms with Crippen molar-refractivity contribution in [3.63, 3.8) is 0 Å². The van der Waals surface area contributed by atoms with Gasteiger partial charge in [0.05, 0.1) is 35.9 Å². The fraction of sp³-hybridized carbons (Fsp3) is 0.429. The third kappa shape index (κ3) is 5.93. The van der Waals surface area contributed by atoms with E-state index in [0.717, 1.165) is 40.7 Å². The number of aldehydes is 1. The van der Waals surface area contributed by atoms with Crippen molar-refractivity contribution in [3.05, 3.63) is 59.8 Å². The van der Waals surface area contributed by atoms with Crippen LogP contribution in [-0.4, -0.2) is 64.3 Å². The van der Waals surface area contributed by atoms with Gasteiger partial charge < -0.3 is 25.3 Å². The quantitative estimate of drug-likeness (QED) is 0.312. The summed E-state index contributed by atoms with van der Waals surface area (Å²) < 4.78 is 12.2. The van der Waals surface area contributed by atoms with E-state index in [0.29, 0.717) is 41.2 Å². The van der Waals surface area contributed by atoms with Crippen LogP contribution in [0.2, 0.25) is 0 Å². The number of aryl methyl sites for hydroxylation is 2. The van der Waals surface area contributed by atoms with Gasteiger partial charge in [0.1, 0.15) is 29.4 Å². The van der Waals surface area contributed by atoms with E-state index in [1.165, 1.54) is 0 Å². The predicted octanol–water partition coefficient (Wildman–Crippen LogP) is 4.42. The highest BCUT2D eigenvalue weighted by Gasteiger charge is 2.56. The van der Waals surface area contributed by atoms with Crippen LogP contribution in [0.1, 0.15) is 49.8 Å². The lowest BCUT2D eigenvalue weighted by molar-refractivity contribution is -0.139. The van der Waals surface area contributed by atoms with Crippen LogP contribution in [0.4, 0.5) is 4.79 Å². The number of carbonyl (C=O) groups is 4. The van der Waals surface area contributed by atoms with E-state index in [2.05, 4.69) is 10.3 Å². The van der Waals surface area contributed by atoms with Crippen LogP contribution in [0, 0.1) is 31.6 Å². The van der Waals surface area contributed by atoms with E-state index < -0.39 is 41.3 Å². The fourth-order valence-corrected chi connectivity index (χ4v) is 6.84. The van der Waals surface area contributed by atoms with E-state index in [-0.39, 0.29) is 25.3 Å². The third-order valence-electron chi connectivity index (χ3n) is 9.51. The first-order valence-corrected chi connectivity index (χ1v) is 15.8. The van der Waals surface area contributed by atoms with Crippen molar-refractivity contribution in [2.45, 2.75) is 64.0 Å². The van der Waals surface area contributed by atoms with Crippen molar-refractivity contribution >= 4 is 35.0 Å². The molecular formula is C35H39N5O6. The van der Waals surface area contributed by atoms with Gasteiger partial charge >= 0.3 is 6.03 Å². The summed E-state index contributed by atoms with van der Waals surface area (Å²) in [6.45, 7) is 4.00. The molecule has 2 aliphatic carbocycles. The van der Waals surface area contributed by atoms with Crippen molar-refractivity contribution in [3.8, 4) is 22.9 Å². The molecule has 1 aromatic carbocycles. The van der Waals surface area contributed by atoms with Gasteiger partial charge in [-0.2, -0.15) is 0 Å². The smallest absolute Gasteiger partial charge is 0.321 e. The average molecular weight is 626 g/mol. The summed E-state index contributed by atoms with van der Waals surface area (Å²) in [4.78, 5) is 62.9. The van der Waals surface area contributed by atoms with Gasteiger partial charge in [-0.1, -0.05) is 18.2 Å². The number of amides is 4. The molecule has 46 heavy (non-hydrogen) atoms. The Balaban J connectivity index is 1.37. The number of pyridine rings is 2. The van der Waals surface area contributed by atoms with Crippen molar-refractivity contribution in [1.82, 2.24) is 20.2 Å². The Bertz CT molecular complexity index is 1740. The Labute approximate surface area is 267 Å². The van der Waals surface area contributed by atoms with Gasteiger partial charge in [-0.25, -0.2) is 9.78 Å². The maximum absolute atomic E-state index is 13.9. The van der Waals surface area contributed by atoms with Crippen molar-refractivity contribution in [1.29, 1.82) is 0 Å². The molecule has 3 aromatic rings. The summed E-state index contributed by atoms with van der Waals surface area (Å²) >= 11 is 0. The largest absolute Gasteiger partial charge is 0.496 e. The first-order valence-electron chi connectivity index (χ1n) is 15.8. The van der Waals surface area contributed by atoms with Crippen molar-refractivity contribution < 1.29 is 28.7 Å². The summed E-state index contributed by atoms with van der Waals surface area (Å²) in [5.41, 5.74) is 8.32. The highest BCUT2D eigenvalue weighted by Crippen LogP contribution is 2.45. The van der Waals surface area contributed by atoms with E-state index in [9.17, 15) is 19.2 Å². The maximum Gasteiger partial charge on any atom is 0.321 e. The second-order valence-electron chi connectivity index (χ2n) is 12.6. The van der Waals surface area contributed by atoms with E-state index in [1.807, 2.05) is 62.4 Å². The zero-order chi connectivity index (χ0) is 32.6. The summed E-state index contributed by atoms with van der Waals surface area (Å²) in [5, 5.41) is 3.69. The van der Waals surface area contributed by atoms with Crippen molar-refractivity contribution in [2.75, 3.05) is 13.7 Å². The number of hydrogen-bond acceptors (Lipinski definition) is 8. The molecule has 5 unspecified atom stereocenters. The molecule has 5 atom stereocenters. The number of rotatable bonds is 5. The number of urea groups is 1. The van der Waals surface area contributed by atoms with Crippen LogP contribution in [0.5, 0.6) is 11.5 Å². The van der Waals surface area contributed by atoms with E-state index >= 15 is 0 Å². The SMILES string of the molecule is COc1ccc2c(OC3CC4C(=O)NC5(C=O)CC5/C=C/CCCCN(C(N)=O)C(=O)C4C3)cc(-c3cccc(C)n3)nc2c1C. The van der Waals surface area contributed by atoms with Crippen LogP contribution in [0.3, 0.4) is 0 Å². The second kappa shape index (κ2) is 12.5. The normalized spacial score (nSPS) is 27.2. The lowest BCUT2D eigenvalue weighted by Crippen LogP contribution is -2.49. The summed E-state index contributed by atoms with van der Waals surface area (Å²) in [6.07, 6.45) is 7.17. The van der Waals surface area contributed by atoms with Crippen molar-refractivity contribution in [2.24, 2.45) is 23.5 Å². The van der Waals surface area contributed by atoms with Gasteiger partial charge in [-0.05, 0) is 76.6 Å². The zero-order valence-corrected chi connectivity index (χ0v) is 26.3. The van der Waals surface area contributed by atoms with Gasteiger partial charge in [-0.3, -0.25) is 19.5 Å². The Hall–Kier alpha value is -4.80. The molecule has 6 rings (SSSR count). The van der Waals surface area contributed by atoms with Gasteiger partial charge in [0.15, 0.2) is 0 Å². The molecule has 1 aliphatic heterocycles. The number of allylic oxidation sites excluding steroid dienone is 1. The van der Waals surface area contributed by atoms with Crippen LogP contribution < -0.4 is 20.5 Å². The van der Waals surface area contributed by atoms with Gasteiger partial charge in [0.2, 0.25) is 11.8 Å². The van der Waals surface area contributed by atoms with E-state index in [4.69, 9.17) is 20.2 Å². The molecule has 2 fully saturated rings. The summed E-state index contributed by atoms with van der Waals surface area (Å²) in [5.74, 6) is -1.46. The molecule has 11 nitrogen and oxygen atoms in total. The van der Waals surface area contributed by atoms with Gasteiger partial charge in [-0.15, -0.1) is 0 Å². The molecule has 0 spiro atoms. The molecule has 0 radical (unpaired) electrons. The number of fused-ring (bicyclic) bond motifs is 3.